The van der Waals surface area contributed by atoms with E-state index < -0.39 is 0 Å². The summed E-state index contributed by atoms with van der Waals surface area (Å²) in [5, 5.41) is 0. The minimum Gasteiger partial charge on any atom is -0.269 e. The quantitative estimate of drug-likeness (QED) is 0.488. The maximum absolute atomic E-state index is 4.06. The van der Waals surface area contributed by atoms with Crippen LogP contribution in [0.1, 0.15) is 12.5 Å². The Labute approximate surface area is 79.1 Å². The number of rotatable bonds is 3. The van der Waals surface area contributed by atoms with Crippen LogP contribution in [0.15, 0.2) is 54.2 Å². The highest BCUT2D eigenvalue weighted by atomic mass is 14.7. The summed E-state index contributed by atoms with van der Waals surface area (Å²) in [6.45, 7) is 5.64. The fourth-order valence-corrected chi connectivity index (χ4v) is 1.03. The first-order chi connectivity index (χ1) is 6.38. The lowest BCUT2D eigenvalue weighted by Crippen LogP contribution is -1.78. The molecule has 1 aromatic carbocycles. The van der Waals surface area contributed by atoms with E-state index in [4.69, 9.17) is 0 Å². The molecule has 0 unspecified atom stereocenters. The van der Waals surface area contributed by atoms with Crippen LogP contribution in [0.25, 0.3) is 5.57 Å². The molecule has 13 heavy (non-hydrogen) atoms. The fraction of sp³-hybridized carbons (Fsp3) is 0.0833. The van der Waals surface area contributed by atoms with Crippen molar-refractivity contribution in [2.45, 2.75) is 6.92 Å². The summed E-state index contributed by atoms with van der Waals surface area (Å²) >= 11 is 0. The topological polar surface area (TPSA) is 12.4 Å². The van der Waals surface area contributed by atoms with E-state index in [0.29, 0.717) is 0 Å². The van der Waals surface area contributed by atoms with E-state index in [0.717, 1.165) is 11.1 Å². The minimum atomic E-state index is 1.04. The second kappa shape index (κ2) is 5.09. The third-order valence-corrected chi connectivity index (χ3v) is 1.69. The smallest absolute Gasteiger partial charge is 0.0342 e. The maximum Gasteiger partial charge on any atom is 0.0342 e. The number of hydrogen-bond acceptors (Lipinski definition) is 1. The first kappa shape index (κ1) is 9.46. The van der Waals surface area contributed by atoms with Crippen molar-refractivity contribution in [2.75, 3.05) is 0 Å². The van der Waals surface area contributed by atoms with Crippen molar-refractivity contribution in [1.82, 2.24) is 0 Å². The lowest BCUT2D eigenvalue weighted by atomic mass is 10.1. The van der Waals surface area contributed by atoms with Gasteiger partial charge < -0.3 is 0 Å². The van der Waals surface area contributed by atoms with Gasteiger partial charge in [-0.1, -0.05) is 43.0 Å². The number of benzene rings is 1. The second-order valence-electron chi connectivity index (χ2n) is 2.56. The zero-order chi connectivity index (χ0) is 9.52. The molecule has 0 fully saturated rings. The van der Waals surface area contributed by atoms with Gasteiger partial charge in [-0.05, 0) is 18.1 Å². The first-order valence-electron chi connectivity index (χ1n) is 4.24. The van der Waals surface area contributed by atoms with Gasteiger partial charge in [0.05, 0.1) is 0 Å². The Bertz CT molecular complexity index is 320. The van der Waals surface area contributed by atoms with Crippen LogP contribution < -0.4 is 0 Å². The van der Waals surface area contributed by atoms with Crippen LogP contribution in [0.2, 0.25) is 0 Å². The van der Waals surface area contributed by atoms with E-state index in [1.807, 2.05) is 49.5 Å². The molecule has 0 aromatic heterocycles. The van der Waals surface area contributed by atoms with E-state index in [1.54, 1.807) is 6.21 Å². The Balaban J connectivity index is 2.98. The lowest BCUT2D eigenvalue weighted by molar-refractivity contribution is 1.54. The SMILES string of the molecule is C=C/C(=C\N=CC)c1ccccc1. The number of allylic oxidation sites excluding steroid dienone is 2. The highest BCUT2D eigenvalue weighted by Gasteiger charge is 1.93. The molecule has 1 aromatic rings. The summed E-state index contributed by atoms with van der Waals surface area (Å²) in [4.78, 5) is 4.06. The molecule has 1 nitrogen and oxygen atoms in total. The third kappa shape index (κ3) is 2.71. The largest absolute Gasteiger partial charge is 0.269 e. The summed E-state index contributed by atoms with van der Waals surface area (Å²) in [7, 11) is 0. The van der Waals surface area contributed by atoms with Crippen molar-refractivity contribution in [3.05, 3.63) is 54.8 Å². The molecule has 0 amide bonds. The standard InChI is InChI=1S/C12H13N/c1-3-11(10-13-4-2)12-8-6-5-7-9-12/h3-10H,1H2,2H3/b11-10+,13-4?. The highest BCUT2D eigenvalue weighted by Crippen LogP contribution is 2.14. The van der Waals surface area contributed by atoms with Gasteiger partial charge in [-0.25, -0.2) is 0 Å². The molecular formula is C12H13N. The first-order valence-corrected chi connectivity index (χ1v) is 4.24. The normalized spacial score (nSPS) is 11.9. The molecule has 0 bridgehead atoms. The molecular weight excluding hydrogens is 158 g/mol. The summed E-state index contributed by atoms with van der Waals surface area (Å²) in [6, 6.07) is 10.1. The second-order valence-corrected chi connectivity index (χ2v) is 2.56. The molecule has 1 heteroatoms. The molecule has 0 saturated heterocycles. The third-order valence-electron chi connectivity index (χ3n) is 1.69. The molecule has 1 rings (SSSR count). The summed E-state index contributed by atoms with van der Waals surface area (Å²) in [6.07, 6.45) is 5.37. The van der Waals surface area contributed by atoms with E-state index >= 15 is 0 Å². The molecule has 0 atom stereocenters. The molecule has 0 aliphatic heterocycles. The molecule has 0 aliphatic carbocycles. The van der Waals surface area contributed by atoms with Gasteiger partial charge in [-0.15, -0.1) is 0 Å². The Morgan fingerprint density at radius 1 is 1.31 bits per heavy atom. The van der Waals surface area contributed by atoms with Crippen LogP contribution in [-0.4, -0.2) is 6.21 Å². The van der Waals surface area contributed by atoms with Crippen molar-refractivity contribution in [2.24, 2.45) is 4.99 Å². The zero-order valence-electron chi connectivity index (χ0n) is 7.77. The summed E-state index contributed by atoms with van der Waals surface area (Å²) in [5.74, 6) is 0. The fourth-order valence-electron chi connectivity index (χ4n) is 1.03. The van der Waals surface area contributed by atoms with Crippen molar-refractivity contribution in [1.29, 1.82) is 0 Å². The molecule has 0 spiro atoms. The van der Waals surface area contributed by atoms with Gasteiger partial charge in [-0.2, -0.15) is 0 Å². The van der Waals surface area contributed by atoms with Crippen molar-refractivity contribution in [3.8, 4) is 0 Å². The molecule has 0 saturated carbocycles. The van der Waals surface area contributed by atoms with Crippen molar-refractivity contribution >= 4 is 11.8 Å². The Kier molecular flexibility index (Phi) is 3.71. The van der Waals surface area contributed by atoms with Crippen LogP contribution in [0.5, 0.6) is 0 Å². The van der Waals surface area contributed by atoms with Crippen molar-refractivity contribution < 1.29 is 0 Å². The van der Waals surface area contributed by atoms with Gasteiger partial charge in [0.25, 0.3) is 0 Å². The van der Waals surface area contributed by atoms with E-state index in [2.05, 4.69) is 11.6 Å². The molecule has 0 radical (unpaired) electrons. The Hall–Kier alpha value is -1.63. The molecule has 0 aliphatic rings. The average Bonchev–Trinajstić information content (AvgIpc) is 2.21. The highest BCUT2D eigenvalue weighted by molar-refractivity contribution is 5.74. The van der Waals surface area contributed by atoms with Crippen LogP contribution >= 0.6 is 0 Å². The predicted molar refractivity (Wildman–Crippen MR) is 58.8 cm³/mol. The number of nitrogens with zero attached hydrogens (tertiary/aromatic N) is 1. The molecule has 0 N–H and O–H groups in total. The van der Waals surface area contributed by atoms with Gasteiger partial charge in [-0.3, -0.25) is 4.99 Å². The summed E-state index contributed by atoms with van der Waals surface area (Å²) < 4.78 is 0. The lowest BCUT2D eigenvalue weighted by Gasteiger charge is -1.98. The van der Waals surface area contributed by atoms with Crippen LogP contribution in [0.3, 0.4) is 0 Å². The maximum atomic E-state index is 4.06. The van der Waals surface area contributed by atoms with E-state index in [-0.39, 0.29) is 0 Å². The molecule has 66 valence electrons. The molecule has 0 heterocycles. The van der Waals surface area contributed by atoms with Gasteiger partial charge in [0.1, 0.15) is 0 Å². The summed E-state index contributed by atoms with van der Waals surface area (Å²) in [5.41, 5.74) is 2.18. The van der Waals surface area contributed by atoms with Crippen LogP contribution in [0.4, 0.5) is 0 Å². The van der Waals surface area contributed by atoms with Crippen molar-refractivity contribution in [3.63, 3.8) is 0 Å². The number of aliphatic imine (C=N–C) groups is 1. The minimum absolute atomic E-state index is 1.04. The van der Waals surface area contributed by atoms with E-state index in [9.17, 15) is 0 Å². The Morgan fingerprint density at radius 3 is 2.54 bits per heavy atom. The Morgan fingerprint density at radius 2 is 2.00 bits per heavy atom. The van der Waals surface area contributed by atoms with Gasteiger partial charge in [0.2, 0.25) is 0 Å². The average molecular weight is 171 g/mol. The van der Waals surface area contributed by atoms with E-state index in [1.165, 1.54) is 0 Å². The zero-order valence-corrected chi connectivity index (χ0v) is 7.77. The van der Waals surface area contributed by atoms with Crippen LogP contribution in [-0.2, 0) is 0 Å². The monoisotopic (exact) mass is 171 g/mol. The van der Waals surface area contributed by atoms with Gasteiger partial charge in [0, 0.05) is 12.4 Å². The van der Waals surface area contributed by atoms with Gasteiger partial charge >= 0.3 is 0 Å². The predicted octanol–water partition coefficient (Wildman–Crippen LogP) is 3.30. The van der Waals surface area contributed by atoms with Crippen LogP contribution in [0, 0.1) is 0 Å². The van der Waals surface area contributed by atoms with Gasteiger partial charge in [0.15, 0.2) is 0 Å². The number of hydrogen-bond donors (Lipinski definition) is 0.